The van der Waals surface area contributed by atoms with Gasteiger partial charge in [0.1, 0.15) is 16.5 Å². The van der Waals surface area contributed by atoms with Crippen LogP contribution >= 0.6 is 0 Å². The van der Waals surface area contributed by atoms with Crippen LogP contribution in [0.4, 0.5) is 16.0 Å². The number of nitrogens with one attached hydrogen (secondary N) is 1. The highest BCUT2D eigenvalue weighted by Crippen LogP contribution is 2.38. The van der Waals surface area contributed by atoms with Gasteiger partial charge in [0.2, 0.25) is 5.88 Å². The quantitative estimate of drug-likeness (QED) is 0.508. The van der Waals surface area contributed by atoms with Crippen molar-refractivity contribution in [2.75, 3.05) is 24.3 Å². The fraction of sp³-hybridized carbons (Fsp3) is 0.333. The minimum absolute atomic E-state index is 0.0499. The topological polar surface area (TPSA) is 140 Å². The van der Waals surface area contributed by atoms with Gasteiger partial charge in [0.15, 0.2) is 5.82 Å². The van der Waals surface area contributed by atoms with Crippen LogP contribution in [-0.4, -0.2) is 48.5 Å². The van der Waals surface area contributed by atoms with Crippen molar-refractivity contribution in [1.82, 2.24) is 19.7 Å². The predicted molar refractivity (Wildman–Crippen MR) is 132 cm³/mol. The standard InChI is InChI=1S/C24H27FN6O4S/c1-14-11-24(2,3)31(13-14)21-16(22(32)30-36(33,34)19-6-5-9-27-20(19)26)7-8-18(29-21)15-10-17(25)23(35-4)28-12-15/h5-10,12,14H,11,13H2,1-4H3,(H2,26,27)(H,30,32)/t14-/m0/s1. The first-order chi connectivity index (χ1) is 16.9. The van der Waals surface area contributed by atoms with Crippen LogP contribution in [0.2, 0.25) is 0 Å². The van der Waals surface area contributed by atoms with E-state index >= 15 is 0 Å². The van der Waals surface area contributed by atoms with Gasteiger partial charge in [-0.1, -0.05) is 6.92 Å². The highest BCUT2D eigenvalue weighted by Gasteiger charge is 2.39. The summed E-state index contributed by atoms with van der Waals surface area (Å²) in [4.78, 5) is 27.4. The van der Waals surface area contributed by atoms with Gasteiger partial charge in [0, 0.05) is 30.0 Å². The van der Waals surface area contributed by atoms with Gasteiger partial charge in [0.05, 0.1) is 18.4 Å². The third-order valence-electron chi connectivity index (χ3n) is 6.06. The molecule has 10 nitrogen and oxygen atoms in total. The number of hydrogen-bond acceptors (Lipinski definition) is 9. The van der Waals surface area contributed by atoms with E-state index in [9.17, 15) is 17.6 Å². The van der Waals surface area contributed by atoms with Gasteiger partial charge in [-0.3, -0.25) is 4.79 Å². The van der Waals surface area contributed by atoms with E-state index < -0.39 is 21.7 Å². The van der Waals surface area contributed by atoms with E-state index in [0.717, 1.165) is 6.42 Å². The van der Waals surface area contributed by atoms with E-state index in [4.69, 9.17) is 10.5 Å². The number of nitrogens with zero attached hydrogens (tertiary/aromatic N) is 4. The number of halogens is 1. The zero-order valence-corrected chi connectivity index (χ0v) is 21.1. The molecule has 1 fully saturated rings. The van der Waals surface area contributed by atoms with Crippen molar-refractivity contribution in [2.24, 2.45) is 5.92 Å². The SMILES string of the molecule is COc1ncc(-c2ccc(C(=O)NS(=O)(=O)c3cccnc3N)c(N3C[C@@H](C)CC3(C)C)n2)cc1F. The number of pyridine rings is 3. The molecule has 190 valence electrons. The summed E-state index contributed by atoms with van der Waals surface area (Å²) in [6.45, 7) is 6.73. The van der Waals surface area contributed by atoms with Crippen molar-refractivity contribution >= 4 is 27.6 Å². The molecular formula is C24H27FN6O4S. The Labute approximate surface area is 208 Å². The number of rotatable bonds is 6. The summed E-state index contributed by atoms with van der Waals surface area (Å²) in [7, 11) is -2.98. The third kappa shape index (κ3) is 4.81. The van der Waals surface area contributed by atoms with Gasteiger partial charge in [-0.2, -0.15) is 0 Å². The van der Waals surface area contributed by atoms with Crippen molar-refractivity contribution < 1.29 is 22.3 Å². The molecule has 0 saturated carbocycles. The summed E-state index contributed by atoms with van der Waals surface area (Å²) < 4.78 is 47.1. The lowest BCUT2D eigenvalue weighted by molar-refractivity contribution is 0.0981. The molecule has 1 amide bonds. The first-order valence-corrected chi connectivity index (χ1v) is 12.7. The van der Waals surface area contributed by atoms with Crippen LogP contribution in [0.1, 0.15) is 37.6 Å². The maximum absolute atomic E-state index is 14.3. The normalized spacial score (nSPS) is 17.1. The van der Waals surface area contributed by atoms with E-state index in [-0.39, 0.29) is 33.5 Å². The average molecular weight is 515 g/mol. The molecule has 1 atom stereocenters. The molecule has 3 aromatic rings. The number of nitrogen functional groups attached to an aromatic ring is 1. The second-order valence-corrected chi connectivity index (χ2v) is 11.0. The van der Waals surface area contributed by atoms with Gasteiger partial charge in [-0.05, 0) is 56.5 Å². The summed E-state index contributed by atoms with van der Waals surface area (Å²) in [5.41, 5.74) is 6.14. The van der Waals surface area contributed by atoms with Gasteiger partial charge >= 0.3 is 0 Å². The number of aromatic nitrogens is 3. The van der Waals surface area contributed by atoms with Gasteiger partial charge in [0.25, 0.3) is 15.9 Å². The number of methoxy groups -OCH3 is 1. The van der Waals surface area contributed by atoms with Gasteiger partial charge in [-0.25, -0.2) is 32.5 Å². The minimum Gasteiger partial charge on any atom is -0.479 e. The molecule has 36 heavy (non-hydrogen) atoms. The Morgan fingerprint density at radius 3 is 2.64 bits per heavy atom. The second kappa shape index (κ2) is 9.34. The Hall–Kier alpha value is -3.80. The predicted octanol–water partition coefficient (Wildman–Crippen LogP) is 3.01. The lowest BCUT2D eigenvalue weighted by atomic mass is 9.97. The molecule has 1 aliphatic rings. The molecule has 3 aromatic heterocycles. The molecule has 1 saturated heterocycles. The van der Waals surface area contributed by atoms with E-state index in [1.54, 1.807) is 0 Å². The first kappa shape index (κ1) is 25.3. The maximum Gasteiger partial charge on any atom is 0.268 e. The number of anilines is 2. The van der Waals surface area contributed by atoms with Crippen LogP contribution in [0.3, 0.4) is 0 Å². The Balaban J connectivity index is 1.79. The Morgan fingerprint density at radius 1 is 1.28 bits per heavy atom. The minimum atomic E-state index is -4.30. The highest BCUT2D eigenvalue weighted by atomic mass is 32.2. The Bertz CT molecular complexity index is 1430. The zero-order chi connectivity index (χ0) is 26.3. The number of carbonyl (C=O) groups excluding carboxylic acids is 1. The first-order valence-electron chi connectivity index (χ1n) is 11.2. The molecule has 0 aromatic carbocycles. The van der Waals surface area contributed by atoms with Crippen LogP contribution in [0, 0.1) is 11.7 Å². The molecule has 1 aliphatic heterocycles. The Morgan fingerprint density at radius 2 is 2.03 bits per heavy atom. The molecule has 0 aliphatic carbocycles. The number of hydrogen-bond donors (Lipinski definition) is 2. The summed E-state index contributed by atoms with van der Waals surface area (Å²) in [5, 5.41) is 0. The van der Waals surface area contributed by atoms with E-state index in [1.807, 2.05) is 18.7 Å². The van der Waals surface area contributed by atoms with Gasteiger partial charge < -0.3 is 15.4 Å². The van der Waals surface area contributed by atoms with Crippen molar-refractivity contribution in [3.8, 4) is 17.1 Å². The van der Waals surface area contributed by atoms with Crippen molar-refractivity contribution in [1.29, 1.82) is 0 Å². The molecule has 0 bridgehead atoms. The third-order valence-corrected chi connectivity index (χ3v) is 7.44. The largest absolute Gasteiger partial charge is 0.479 e. The van der Waals surface area contributed by atoms with Crippen LogP contribution in [-0.2, 0) is 10.0 Å². The van der Waals surface area contributed by atoms with Crippen LogP contribution < -0.4 is 20.1 Å². The number of carbonyl (C=O) groups is 1. The number of amides is 1. The van der Waals surface area contributed by atoms with Crippen molar-refractivity contribution in [3.05, 3.63) is 54.1 Å². The van der Waals surface area contributed by atoms with Crippen molar-refractivity contribution in [3.63, 3.8) is 0 Å². The highest BCUT2D eigenvalue weighted by molar-refractivity contribution is 7.90. The fourth-order valence-electron chi connectivity index (χ4n) is 4.53. The fourth-order valence-corrected chi connectivity index (χ4v) is 5.58. The van der Waals surface area contributed by atoms with Gasteiger partial charge in [-0.15, -0.1) is 0 Å². The maximum atomic E-state index is 14.3. The van der Waals surface area contributed by atoms with E-state index in [0.29, 0.717) is 23.7 Å². The molecule has 4 heterocycles. The molecule has 0 unspecified atom stereocenters. The van der Waals surface area contributed by atoms with Crippen LogP contribution in [0.5, 0.6) is 5.88 Å². The molecule has 0 radical (unpaired) electrons. The van der Waals surface area contributed by atoms with Crippen molar-refractivity contribution in [2.45, 2.75) is 37.6 Å². The average Bonchev–Trinajstić information content (AvgIpc) is 3.10. The summed E-state index contributed by atoms with van der Waals surface area (Å²) in [5.74, 6) is -1.32. The lowest BCUT2D eigenvalue weighted by Crippen LogP contribution is -2.41. The number of sulfonamides is 1. The molecule has 4 rings (SSSR count). The van der Waals surface area contributed by atoms with E-state index in [1.165, 1.54) is 49.8 Å². The molecular weight excluding hydrogens is 487 g/mol. The molecule has 3 N–H and O–H groups in total. The second-order valence-electron chi connectivity index (χ2n) is 9.34. The zero-order valence-electron chi connectivity index (χ0n) is 20.3. The summed E-state index contributed by atoms with van der Waals surface area (Å²) >= 11 is 0. The summed E-state index contributed by atoms with van der Waals surface area (Å²) in [6, 6.07) is 6.89. The Kier molecular flexibility index (Phi) is 6.56. The summed E-state index contributed by atoms with van der Waals surface area (Å²) in [6.07, 6.45) is 3.61. The molecule has 0 spiro atoms. The monoisotopic (exact) mass is 514 g/mol. The number of ether oxygens (including phenoxy) is 1. The van der Waals surface area contributed by atoms with E-state index in [2.05, 4.69) is 26.6 Å². The lowest BCUT2D eigenvalue weighted by Gasteiger charge is -2.34. The van der Waals surface area contributed by atoms with Crippen LogP contribution in [0.15, 0.2) is 47.6 Å². The van der Waals surface area contributed by atoms with Crippen LogP contribution in [0.25, 0.3) is 11.3 Å². The number of nitrogens with two attached hydrogens (primary N) is 1. The molecule has 12 heteroatoms. The smallest absolute Gasteiger partial charge is 0.268 e.